The molecule has 0 bridgehead atoms. The van der Waals surface area contributed by atoms with Gasteiger partial charge in [-0.25, -0.2) is 0 Å². The number of carbonyl (C=O) groups excluding carboxylic acids is 1. The van der Waals surface area contributed by atoms with Crippen LogP contribution in [0.15, 0.2) is 6.20 Å². The Bertz CT molecular complexity index is 403. The fraction of sp³-hybridized carbons (Fsp3) is 0.556. The maximum absolute atomic E-state index is 11.1. The first-order valence-corrected chi connectivity index (χ1v) is 5.06. The third-order valence-corrected chi connectivity index (χ3v) is 1.92. The normalized spacial score (nSPS) is 12.1. The van der Waals surface area contributed by atoms with Crippen LogP contribution in [0.4, 0.5) is 0 Å². The zero-order valence-electron chi connectivity index (χ0n) is 9.37. The summed E-state index contributed by atoms with van der Waals surface area (Å²) >= 11 is 0. The van der Waals surface area contributed by atoms with Crippen molar-refractivity contribution in [1.82, 2.24) is 15.0 Å². The SMILES string of the molecule is CCOC(=O)Cc1cn(C[C@H](N)C(=O)O)nn1. The number of aliphatic carboxylic acids is 1. The lowest BCUT2D eigenvalue weighted by atomic mass is 10.3. The molecule has 0 amide bonds. The van der Waals surface area contributed by atoms with Crippen molar-refractivity contribution in [3.63, 3.8) is 0 Å². The van der Waals surface area contributed by atoms with Gasteiger partial charge in [-0.1, -0.05) is 5.21 Å². The minimum absolute atomic E-state index is 0.00512. The Morgan fingerprint density at radius 3 is 2.94 bits per heavy atom. The summed E-state index contributed by atoms with van der Waals surface area (Å²) in [5.41, 5.74) is 5.74. The van der Waals surface area contributed by atoms with E-state index < -0.39 is 18.0 Å². The largest absolute Gasteiger partial charge is 0.480 e. The fourth-order valence-electron chi connectivity index (χ4n) is 1.15. The predicted octanol–water partition coefficient (Wildman–Crippen LogP) is -1.20. The molecular weight excluding hydrogens is 228 g/mol. The van der Waals surface area contributed by atoms with Gasteiger partial charge in [-0.3, -0.25) is 14.3 Å². The van der Waals surface area contributed by atoms with Gasteiger partial charge in [0.15, 0.2) is 0 Å². The van der Waals surface area contributed by atoms with Crippen LogP contribution >= 0.6 is 0 Å². The Labute approximate surface area is 97.4 Å². The van der Waals surface area contributed by atoms with Crippen molar-refractivity contribution >= 4 is 11.9 Å². The first kappa shape index (κ1) is 13.1. The number of aromatic nitrogens is 3. The number of esters is 1. The van der Waals surface area contributed by atoms with Crippen LogP contribution in [0.25, 0.3) is 0 Å². The van der Waals surface area contributed by atoms with Crippen LogP contribution < -0.4 is 5.73 Å². The molecule has 17 heavy (non-hydrogen) atoms. The number of carboxylic acid groups (broad SMARTS) is 1. The Morgan fingerprint density at radius 2 is 2.35 bits per heavy atom. The minimum Gasteiger partial charge on any atom is -0.480 e. The number of rotatable bonds is 6. The first-order valence-electron chi connectivity index (χ1n) is 5.06. The third-order valence-electron chi connectivity index (χ3n) is 1.92. The summed E-state index contributed by atoms with van der Waals surface area (Å²) in [5, 5.41) is 16.0. The highest BCUT2D eigenvalue weighted by Gasteiger charge is 2.14. The molecule has 3 N–H and O–H groups in total. The predicted molar refractivity (Wildman–Crippen MR) is 56.0 cm³/mol. The summed E-state index contributed by atoms with van der Waals surface area (Å²) < 4.78 is 6.02. The highest BCUT2D eigenvalue weighted by atomic mass is 16.5. The summed E-state index contributed by atoms with van der Waals surface area (Å²) in [6.07, 6.45) is 1.48. The topological polar surface area (TPSA) is 120 Å². The van der Waals surface area contributed by atoms with Crippen molar-refractivity contribution in [2.24, 2.45) is 5.73 Å². The number of hydrogen-bond donors (Lipinski definition) is 2. The van der Waals surface area contributed by atoms with E-state index in [0.717, 1.165) is 0 Å². The van der Waals surface area contributed by atoms with Crippen molar-refractivity contribution in [2.45, 2.75) is 25.9 Å². The van der Waals surface area contributed by atoms with Gasteiger partial charge < -0.3 is 15.6 Å². The number of nitrogens with two attached hydrogens (primary N) is 1. The monoisotopic (exact) mass is 242 g/mol. The molecule has 0 saturated carbocycles. The van der Waals surface area contributed by atoms with Crippen LogP contribution in [-0.4, -0.2) is 44.7 Å². The molecule has 0 aromatic carbocycles. The molecule has 1 atom stereocenters. The number of nitrogens with zero attached hydrogens (tertiary/aromatic N) is 3. The average molecular weight is 242 g/mol. The summed E-state index contributed by atoms with van der Waals surface area (Å²) in [6, 6.07) is -1.05. The van der Waals surface area contributed by atoms with E-state index in [-0.39, 0.29) is 13.0 Å². The number of carboxylic acids is 1. The molecule has 0 fully saturated rings. The van der Waals surface area contributed by atoms with Crippen LogP contribution in [0.3, 0.4) is 0 Å². The number of ether oxygens (including phenoxy) is 1. The molecule has 1 aromatic rings. The van der Waals surface area contributed by atoms with E-state index in [9.17, 15) is 9.59 Å². The molecule has 8 nitrogen and oxygen atoms in total. The summed E-state index contributed by atoms with van der Waals surface area (Å²) in [6.45, 7) is 2.02. The summed E-state index contributed by atoms with van der Waals surface area (Å²) in [4.78, 5) is 21.6. The van der Waals surface area contributed by atoms with Gasteiger partial charge in [-0.05, 0) is 6.92 Å². The van der Waals surface area contributed by atoms with E-state index in [1.807, 2.05) is 0 Å². The average Bonchev–Trinajstić information content (AvgIpc) is 2.65. The number of hydrogen-bond acceptors (Lipinski definition) is 6. The Hall–Kier alpha value is -1.96. The van der Waals surface area contributed by atoms with Crippen molar-refractivity contribution < 1.29 is 19.4 Å². The van der Waals surface area contributed by atoms with Crippen LogP contribution in [0.5, 0.6) is 0 Å². The van der Waals surface area contributed by atoms with E-state index in [2.05, 4.69) is 10.3 Å². The molecule has 1 aromatic heterocycles. The molecule has 0 aliphatic rings. The minimum atomic E-state index is -1.12. The van der Waals surface area contributed by atoms with Gasteiger partial charge in [0.25, 0.3) is 0 Å². The second-order valence-electron chi connectivity index (χ2n) is 3.36. The fourth-order valence-corrected chi connectivity index (χ4v) is 1.15. The van der Waals surface area contributed by atoms with E-state index >= 15 is 0 Å². The smallest absolute Gasteiger partial charge is 0.322 e. The molecular formula is C9H14N4O4. The lowest BCUT2D eigenvalue weighted by Crippen LogP contribution is -2.34. The molecule has 94 valence electrons. The third kappa shape index (κ3) is 4.19. The Morgan fingerprint density at radius 1 is 1.65 bits per heavy atom. The molecule has 0 aliphatic heterocycles. The van der Waals surface area contributed by atoms with Crippen LogP contribution in [0, 0.1) is 0 Å². The van der Waals surface area contributed by atoms with E-state index in [1.54, 1.807) is 6.92 Å². The van der Waals surface area contributed by atoms with Crippen molar-refractivity contribution in [3.8, 4) is 0 Å². The van der Waals surface area contributed by atoms with E-state index in [0.29, 0.717) is 12.3 Å². The molecule has 0 unspecified atom stereocenters. The second-order valence-corrected chi connectivity index (χ2v) is 3.36. The van der Waals surface area contributed by atoms with Gasteiger partial charge in [-0.2, -0.15) is 0 Å². The molecule has 0 saturated heterocycles. The molecule has 1 rings (SSSR count). The van der Waals surface area contributed by atoms with Crippen LogP contribution in [-0.2, 0) is 27.3 Å². The molecule has 0 spiro atoms. The molecule has 8 heteroatoms. The number of carbonyl (C=O) groups is 2. The highest BCUT2D eigenvalue weighted by molar-refractivity contribution is 5.73. The van der Waals surface area contributed by atoms with E-state index in [1.165, 1.54) is 10.9 Å². The van der Waals surface area contributed by atoms with Gasteiger partial charge in [-0.15, -0.1) is 5.10 Å². The lowest BCUT2D eigenvalue weighted by Gasteiger charge is -2.04. The Balaban J connectivity index is 2.53. The van der Waals surface area contributed by atoms with Crippen molar-refractivity contribution in [2.75, 3.05) is 6.61 Å². The maximum Gasteiger partial charge on any atom is 0.322 e. The van der Waals surface area contributed by atoms with Crippen LogP contribution in [0.2, 0.25) is 0 Å². The van der Waals surface area contributed by atoms with Crippen molar-refractivity contribution in [1.29, 1.82) is 0 Å². The van der Waals surface area contributed by atoms with Gasteiger partial charge in [0.1, 0.15) is 6.04 Å². The zero-order valence-corrected chi connectivity index (χ0v) is 9.37. The zero-order chi connectivity index (χ0) is 12.8. The Kier molecular flexibility index (Phi) is 4.58. The maximum atomic E-state index is 11.1. The standard InChI is InChI=1S/C9H14N4O4/c1-2-17-8(14)3-6-4-13(12-11-6)5-7(10)9(15)16/h4,7H,2-3,5,10H2,1H3,(H,15,16)/t7-/m0/s1. The highest BCUT2D eigenvalue weighted by Crippen LogP contribution is 1.97. The lowest BCUT2D eigenvalue weighted by molar-refractivity contribution is -0.142. The second kappa shape index (κ2) is 5.94. The van der Waals surface area contributed by atoms with Gasteiger partial charge in [0, 0.05) is 6.20 Å². The van der Waals surface area contributed by atoms with Crippen LogP contribution in [0.1, 0.15) is 12.6 Å². The quantitative estimate of drug-likeness (QED) is 0.601. The van der Waals surface area contributed by atoms with Gasteiger partial charge in [0.2, 0.25) is 0 Å². The molecule has 0 radical (unpaired) electrons. The summed E-state index contributed by atoms with van der Waals surface area (Å²) in [5.74, 6) is -1.52. The van der Waals surface area contributed by atoms with Gasteiger partial charge in [0.05, 0.1) is 25.3 Å². The van der Waals surface area contributed by atoms with E-state index in [4.69, 9.17) is 15.6 Å². The summed E-state index contributed by atoms with van der Waals surface area (Å²) in [7, 11) is 0. The molecule has 1 heterocycles. The first-order chi connectivity index (χ1) is 8.02. The van der Waals surface area contributed by atoms with Crippen molar-refractivity contribution in [3.05, 3.63) is 11.9 Å². The van der Waals surface area contributed by atoms with Gasteiger partial charge >= 0.3 is 11.9 Å². The molecule has 0 aliphatic carbocycles.